The van der Waals surface area contributed by atoms with Crippen molar-refractivity contribution in [3.05, 3.63) is 29.3 Å². The fraction of sp³-hybridized carbons (Fsp3) is 0.625. The van der Waals surface area contributed by atoms with Crippen LogP contribution in [0.1, 0.15) is 31.4 Å². The molecule has 3 nitrogen and oxygen atoms in total. The summed E-state index contributed by atoms with van der Waals surface area (Å²) in [6, 6.07) is 7.26. The highest BCUT2D eigenvalue weighted by Gasteiger charge is 2.20. The maximum Gasteiger partial charge on any atom is 0.0602 e. The molecule has 0 bridgehead atoms. The summed E-state index contributed by atoms with van der Waals surface area (Å²) in [6.45, 7) is 8.55. The first-order valence-corrected chi connectivity index (χ1v) is 7.31. The lowest BCUT2D eigenvalue weighted by Crippen LogP contribution is -2.47. The Bertz CT molecular complexity index is 417. The van der Waals surface area contributed by atoms with Crippen LogP contribution in [0, 0.1) is 6.92 Å². The number of aryl methyl sites for hydroxylation is 2. The number of rotatable bonds is 5. The van der Waals surface area contributed by atoms with Gasteiger partial charge in [-0.25, -0.2) is 0 Å². The Labute approximate surface area is 116 Å². The van der Waals surface area contributed by atoms with E-state index in [1.165, 1.54) is 29.7 Å². The molecule has 0 radical (unpaired) electrons. The molecular formula is C16H26N2O. The molecule has 0 saturated carbocycles. The SMILES string of the molecule is Cc1ccc2c(c1)CCCN2CC(CO)NC(C)C. The molecule has 2 rings (SSSR count). The Morgan fingerprint density at radius 3 is 2.84 bits per heavy atom. The summed E-state index contributed by atoms with van der Waals surface area (Å²) >= 11 is 0. The number of fused-ring (bicyclic) bond motifs is 1. The zero-order valence-corrected chi connectivity index (χ0v) is 12.3. The standard InChI is InChI=1S/C16H26N2O/c1-12(2)17-15(11-19)10-18-8-4-5-14-9-13(3)6-7-16(14)18/h6-7,9,12,15,17,19H,4-5,8,10-11H2,1-3H3. The fourth-order valence-electron chi connectivity index (χ4n) is 2.89. The van der Waals surface area contributed by atoms with Gasteiger partial charge in [-0.1, -0.05) is 31.5 Å². The molecule has 19 heavy (non-hydrogen) atoms. The molecule has 1 unspecified atom stereocenters. The van der Waals surface area contributed by atoms with Gasteiger partial charge in [0.1, 0.15) is 0 Å². The molecule has 1 aliphatic rings. The van der Waals surface area contributed by atoms with Gasteiger partial charge in [0.25, 0.3) is 0 Å². The second-order valence-electron chi connectivity index (χ2n) is 5.88. The third-order valence-corrected chi connectivity index (χ3v) is 3.68. The number of anilines is 1. The molecule has 0 aromatic heterocycles. The quantitative estimate of drug-likeness (QED) is 0.853. The first-order chi connectivity index (χ1) is 9.10. The molecule has 0 saturated heterocycles. The molecule has 2 N–H and O–H groups in total. The number of nitrogens with zero attached hydrogens (tertiary/aromatic N) is 1. The van der Waals surface area contributed by atoms with E-state index in [9.17, 15) is 5.11 Å². The van der Waals surface area contributed by atoms with Crippen LogP contribution in [0.15, 0.2) is 18.2 Å². The van der Waals surface area contributed by atoms with Gasteiger partial charge in [-0.2, -0.15) is 0 Å². The molecule has 0 fully saturated rings. The fourth-order valence-corrected chi connectivity index (χ4v) is 2.89. The van der Waals surface area contributed by atoms with Gasteiger partial charge in [-0.3, -0.25) is 0 Å². The molecule has 1 aliphatic heterocycles. The van der Waals surface area contributed by atoms with Gasteiger partial charge in [0.2, 0.25) is 0 Å². The Hall–Kier alpha value is -1.06. The predicted molar refractivity (Wildman–Crippen MR) is 80.9 cm³/mol. The van der Waals surface area contributed by atoms with Gasteiger partial charge in [0, 0.05) is 30.9 Å². The molecule has 0 spiro atoms. The zero-order chi connectivity index (χ0) is 13.8. The molecule has 1 heterocycles. The van der Waals surface area contributed by atoms with E-state index in [-0.39, 0.29) is 12.6 Å². The van der Waals surface area contributed by atoms with E-state index in [0.717, 1.165) is 13.1 Å². The summed E-state index contributed by atoms with van der Waals surface area (Å²) in [7, 11) is 0. The smallest absolute Gasteiger partial charge is 0.0602 e. The Kier molecular flexibility index (Phi) is 4.83. The molecule has 0 amide bonds. The van der Waals surface area contributed by atoms with Crippen molar-refractivity contribution in [2.75, 3.05) is 24.6 Å². The number of benzene rings is 1. The lowest BCUT2D eigenvalue weighted by molar-refractivity contribution is 0.236. The number of aliphatic hydroxyl groups excluding tert-OH is 1. The minimum absolute atomic E-state index is 0.146. The van der Waals surface area contributed by atoms with Crippen LogP contribution in [0.4, 0.5) is 5.69 Å². The predicted octanol–water partition coefficient (Wildman–Crippen LogP) is 2.11. The Balaban J connectivity index is 2.10. The van der Waals surface area contributed by atoms with Crippen LogP contribution < -0.4 is 10.2 Å². The van der Waals surface area contributed by atoms with Gasteiger partial charge >= 0.3 is 0 Å². The molecule has 1 aromatic rings. The zero-order valence-electron chi connectivity index (χ0n) is 12.3. The number of nitrogens with one attached hydrogen (secondary N) is 1. The van der Waals surface area contributed by atoms with Crippen molar-refractivity contribution < 1.29 is 5.11 Å². The second kappa shape index (κ2) is 6.40. The van der Waals surface area contributed by atoms with Crippen molar-refractivity contribution in [1.82, 2.24) is 5.32 Å². The van der Waals surface area contributed by atoms with E-state index in [4.69, 9.17) is 0 Å². The van der Waals surface area contributed by atoms with Crippen LogP contribution in [0.25, 0.3) is 0 Å². The van der Waals surface area contributed by atoms with E-state index in [1.54, 1.807) is 0 Å². The third kappa shape index (κ3) is 3.71. The molecule has 0 aliphatic carbocycles. The summed E-state index contributed by atoms with van der Waals surface area (Å²) in [5.41, 5.74) is 4.13. The van der Waals surface area contributed by atoms with Crippen LogP contribution in [-0.2, 0) is 6.42 Å². The van der Waals surface area contributed by atoms with Crippen LogP contribution in [-0.4, -0.2) is 36.9 Å². The lowest BCUT2D eigenvalue weighted by Gasteiger charge is -2.34. The van der Waals surface area contributed by atoms with Gasteiger partial charge < -0.3 is 15.3 Å². The van der Waals surface area contributed by atoms with Crippen LogP contribution in [0.3, 0.4) is 0 Å². The van der Waals surface area contributed by atoms with Crippen molar-refractivity contribution >= 4 is 5.69 Å². The lowest BCUT2D eigenvalue weighted by atomic mass is 9.99. The van der Waals surface area contributed by atoms with Gasteiger partial charge in [0.15, 0.2) is 0 Å². The molecule has 1 aromatic carbocycles. The summed E-state index contributed by atoms with van der Waals surface area (Å²) in [4.78, 5) is 2.41. The molecular weight excluding hydrogens is 236 g/mol. The minimum Gasteiger partial charge on any atom is -0.395 e. The third-order valence-electron chi connectivity index (χ3n) is 3.68. The van der Waals surface area contributed by atoms with Gasteiger partial charge in [-0.15, -0.1) is 0 Å². The highest BCUT2D eigenvalue weighted by molar-refractivity contribution is 5.56. The Morgan fingerprint density at radius 2 is 2.16 bits per heavy atom. The summed E-state index contributed by atoms with van der Waals surface area (Å²) < 4.78 is 0. The maximum absolute atomic E-state index is 9.51. The molecule has 106 valence electrons. The highest BCUT2D eigenvalue weighted by Crippen LogP contribution is 2.27. The van der Waals surface area contributed by atoms with Crippen molar-refractivity contribution in [3.63, 3.8) is 0 Å². The summed E-state index contributed by atoms with van der Waals surface area (Å²) in [5, 5.41) is 12.9. The molecule has 3 heteroatoms. The van der Waals surface area contributed by atoms with Gasteiger partial charge in [0.05, 0.1) is 6.61 Å². The number of hydrogen-bond donors (Lipinski definition) is 2. The first kappa shape index (κ1) is 14.4. The van der Waals surface area contributed by atoms with Gasteiger partial charge in [-0.05, 0) is 31.4 Å². The van der Waals surface area contributed by atoms with Crippen molar-refractivity contribution in [3.8, 4) is 0 Å². The largest absolute Gasteiger partial charge is 0.395 e. The van der Waals surface area contributed by atoms with Crippen LogP contribution in [0.5, 0.6) is 0 Å². The first-order valence-electron chi connectivity index (χ1n) is 7.31. The maximum atomic E-state index is 9.51. The normalized spacial score (nSPS) is 16.6. The van der Waals surface area contributed by atoms with Crippen molar-refractivity contribution in [2.45, 2.75) is 45.7 Å². The summed E-state index contributed by atoms with van der Waals surface area (Å²) in [6.07, 6.45) is 2.38. The van der Waals surface area contributed by atoms with E-state index in [0.29, 0.717) is 6.04 Å². The monoisotopic (exact) mass is 262 g/mol. The second-order valence-corrected chi connectivity index (χ2v) is 5.88. The number of aliphatic hydroxyl groups is 1. The molecule has 1 atom stereocenters. The minimum atomic E-state index is 0.146. The summed E-state index contributed by atoms with van der Waals surface area (Å²) in [5.74, 6) is 0. The van der Waals surface area contributed by atoms with Crippen molar-refractivity contribution in [1.29, 1.82) is 0 Å². The average Bonchev–Trinajstić information content (AvgIpc) is 2.37. The topological polar surface area (TPSA) is 35.5 Å². The van der Waals surface area contributed by atoms with E-state index in [1.807, 2.05) is 0 Å². The van der Waals surface area contributed by atoms with Crippen LogP contribution >= 0.6 is 0 Å². The van der Waals surface area contributed by atoms with E-state index >= 15 is 0 Å². The Morgan fingerprint density at radius 1 is 1.37 bits per heavy atom. The van der Waals surface area contributed by atoms with E-state index in [2.05, 4.69) is 49.2 Å². The van der Waals surface area contributed by atoms with Crippen LogP contribution in [0.2, 0.25) is 0 Å². The number of hydrogen-bond acceptors (Lipinski definition) is 3. The average molecular weight is 262 g/mol. The highest BCUT2D eigenvalue weighted by atomic mass is 16.3. The van der Waals surface area contributed by atoms with E-state index < -0.39 is 0 Å². The van der Waals surface area contributed by atoms with Crippen molar-refractivity contribution in [2.24, 2.45) is 0 Å².